The van der Waals surface area contributed by atoms with E-state index in [1.165, 1.54) is 19.4 Å². The van der Waals surface area contributed by atoms with Crippen LogP contribution in [0.15, 0.2) is 18.6 Å². The summed E-state index contributed by atoms with van der Waals surface area (Å²) in [4.78, 5) is 29.0. The largest absolute Gasteiger partial charge is 0.481 e. The maximum Gasteiger partial charge on any atom is 0.305 e. The lowest BCUT2D eigenvalue weighted by Gasteiger charge is -2.14. The molecule has 0 fully saturated rings. The van der Waals surface area contributed by atoms with E-state index in [1.54, 1.807) is 6.07 Å². The molecule has 80 valence electrons. The van der Waals surface area contributed by atoms with Gasteiger partial charge in [0, 0.05) is 13.1 Å². The van der Waals surface area contributed by atoms with Gasteiger partial charge in [-0.2, -0.15) is 0 Å². The molecule has 1 aromatic rings. The second-order valence-electron chi connectivity index (χ2n) is 2.99. The average Bonchev–Trinajstić information content (AvgIpc) is 2.17. The fraction of sp³-hybridized carbons (Fsp3) is 0.333. The standard InChI is InChI=1S/C9H11N3O3/c1-6(13)12-8(4-9(14)15)7-2-3-10-5-11-7/h2-3,5,8H,4H2,1H3,(H,12,13)(H,14,15)/t8-/m1/s1. The topological polar surface area (TPSA) is 92.2 Å². The Hall–Kier alpha value is -1.98. The second-order valence-corrected chi connectivity index (χ2v) is 2.99. The van der Waals surface area contributed by atoms with E-state index in [0.717, 1.165) is 0 Å². The minimum Gasteiger partial charge on any atom is -0.481 e. The van der Waals surface area contributed by atoms with Crippen molar-refractivity contribution in [3.8, 4) is 0 Å². The number of carboxylic acids is 1. The zero-order chi connectivity index (χ0) is 11.3. The number of amides is 1. The van der Waals surface area contributed by atoms with Crippen molar-refractivity contribution < 1.29 is 14.7 Å². The Morgan fingerprint density at radius 1 is 1.60 bits per heavy atom. The molecule has 1 atom stereocenters. The molecule has 0 unspecified atom stereocenters. The summed E-state index contributed by atoms with van der Waals surface area (Å²) < 4.78 is 0. The number of hydrogen-bond donors (Lipinski definition) is 2. The Morgan fingerprint density at radius 3 is 2.80 bits per heavy atom. The highest BCUT2D eigenvalue weighted by atomic mass is 16.4. The molecule has 1 rings (SSSR count). The van der Waals surface area contributed by atoms with Crippen LogP contribution in [-0.4, -0.2) is 27.0 Å². The molecule has 1 aromatic heterocycles. The molecule has 6 nitrogen and oxygen atoms in total. The van der Waals surface area contributed by atoms with Gasteiger partial charge in [-0.3, -0.25) is 9.59 Å². The lowest BCUT2D eigenvalue weighted by Crippen LogP contribution is -2.28. The smallest absolute Gasteiger partial charge is 0.305 e. The van der Waals surface area contributed by atoms with E-state index >= 15 is 0 Å². The lowest BCUT2D eigenvalue weighted by molar-refractivity contribution is -0.137. The molecule has 0 saturated carbocycles. The molecular formula is C9H11N3O3. The number of aromatic nitrogens is 2. The summed E-state index contributed by atoms with van der Waals surface area (Å²) in [5.41, 5.74) is 0.489. The van der Waals surface area contributed by atoms with Crippen LogP contribution in [0, 0.1) is 0 Å². The second kappa shape index (κ2) is 5.04. The van der Waals surface area contributed by atoms with E-state index in [1.807, 2.05) is 0 Å². The molecule has 15 heavy (non-hydrogen) atoms. The predicted octanol–water partition coefficient (Wildman–Crippen LogP) is 0.128. The van der Waals surface area contributed by atoms with E-state index < -0.39 is 12.0 Å². The van der Waals surface area contributed by atoms with Gasteiger partial charge in [0.2, 0.25) is 5.91 Å². The molecule has 0 spiro atoms. The van der Waals surface area contributed by atoms with E-state index in [4.69, 9.17) is 5.11 Å². The fourth-order valence-corrected chi connectivity index (χ4v) is 1.16. The normalized spacial score (nSPS) is 11.8. The Labute approximate surface area is 86.4 Å². The molecule has 6 heteroatoms. The van der Waals surface area contributed by atoms with Crippen LogP contribution in [0.2, 0.25) is 0 Å². The summed E-state index contributed by atoms with van der Waals surface area (Å²) in [6, 6.07) is 0.965. The number of carbonyl (C=O) groups is 2. The summed E-state index contributed by atoms with van der Waals surface area (Å²) in [5, 5.41) is 11.2. The minimum atomic E-state index is -0.993. The van der Waals surface area contributed by atoms with Gasteiger partial charge >= 0.3 is 5.97 Å². The van der Waals surface area contributed by atoms with Gasteiger partial charge in [-0.25, -0.2) is 9.97 Å². The average molecular weight is 209 g/mol. The quantitative estimate of drug-likeness (QED) is 0.735. The van der Waals surface area contributed by atoms with Crippen LogP contribution in [0.3, 0.4) is 0 Å². The highest BCUT2D eigenvalue weighted by Crippen LogP contribution is 2.12. The molecule has 2 N–H and O–H groups in total. The monoisotopic (exact) mass is 209 g/mol. The van der Waals surface area contributed by atoms with Gasteiger partial charge in [0.25, 0.3) is 0 Å². The number of nitrogens with one attached hydrogen (secondary N) is 1. The first-order chi connectivity index (χ1) is 7.09. The van der Waals surface area contributed by atoms with Gasteiger partial charge in [0.15, 0.2) is 0 Å². The SMILES string of the molecule is CC(=O)N[C@H](CC(=O)O)c1ccncn1. The Bertz CT molecular complexity index is 337. The molecule has 0 aromatic carbocycles. The third-order valence-electron chi connectivity index (χ3n) is 1.72. The Balaban J connectivity index is 2.81. The van der Waals surface area contributed by atoms with Crippen LogP contribution in [0.1, 0.15) is 25.1 Å². The number of nitrogens with zero attached hydrogens (tertiary/aromatic N) is 2. The molecule has 0 radical (unpaired) electrons. The van der Waals surface area contributed by atoms with Crippen LogP contribution in [-0.2, 0) is 9.59 Å². The van der Waals surface area contributed by atoms with Crippen LogP contribution in [0.5, 0.6) is 0 Å². The third-order valence-corrected chi connectivity index (χ3v) is 1.72. The van der Waals surface area contributed by atoms with Crippen LogP contribution in [0.4, 0.5) is 0 Å². The van der Waals surface area contributed by atoms with Gasteiger partial charge in [-0.15, -0.1) is 0 Å². The Morgan fingerprint density at radius 2 is 2.33 bits per heavy atom. The van der Waals surface area contributed by atoms with Crippen molar-refractivity contribution in [3.63, 3.8) is 0 Å². The van der Waals surface area contributed by atoms with Crippen molar-refractivity contribution >= 4 is 11.9 Å². The van der Waals surface area contributed by atoms with E-state index in [9.17, 15) is 9.59 Å². The zero-order valence-corrected chi connectivity index (χ0v) is 8.17. The molecule has 0 aliphatic heterocycles. The maximum absolute atomic E-state index is 10.9. The van der Waals surface area contributed by atoms with Crippen molar-refractivity contribution in [2.24, 2.45) is 0 Å². The summed E-state index contributed by atoms with van der Waals surface area (Å²) in [5.74, 6) is -1.28. The van der Waals surface area contributed by atoms with Crippen LogP contribution < -0.4 is 5.32 Å². The molecule has 0 bridgehead atoms. The number of carbonyl (C=O) groups excluding carboxylic acids is 1. The van der Waals surface area contributed by atoms with Gasteiger partial charge in [0.1, 0.15) is 6.33 Å². The number of aliphatic carboxylic acids is 1. The van der Waals surface area contributed by atoms with Gasteiger partial charge < -0.3 is 10.4 Å². The summed E-state index contributed by atoms with van der Waals surface area (Å²) in [7, 11) is 0. The van der Waals surface area contributed by atoms with Crippen molar-refractivity contribution in [2.75, 3.05) is 0 Å². The van der Waals surface area contributed by atoms with Crippen molar-refractivity contribution in [1.82, 2.24) is 15.3 Å². The molecule has 0 aliphatic rings. The van der Waals surface area contributed by atoms with Crippen LogP contribution >= 0.6 is 0 Å². The van der Waals surface area contributed by atoms with Gasteiger partial charge in [-0.1, -0.05) is 0 Å². The molecule has 1 amide bonds. The summed E-state index contributed by atoms with van der Waals surface area (Å²) in [6.07, 6.45) is 2.61. The van der Waals surface area contributed by atoms with Gasteiger partial charge in [-0.05, 0) is 6.07 Å². The van der Waals surface area contributed by atoms with Crippen LogP contribution in [0.25, 0.3) is 0 Å². The summed E-state index contributed by atoms with van der Waals surface area (Å²) in [6.45, 7) is 1.33. The van der Waals surface area contributed by atoms with E-state index in [-0.39, 0.29) is 12.3 Å². The van der Waals surface area contributed by atoms with E-state index in [0.29, 0.717) is 5.69 Å². The number of rotatable bonds is 4. The maximum atomic E-state index is 10.9. The molecule has 0 saturated heterocycles. The zero-order valence-electron chi connectivity index (χ0n) is 8.17. The minimum absolute atomic E-state index is 0.198. The Kier molecular flexibility index (Phi) is 3.73. The van der Waals surface area contributed by atoms with Crippen molar-refractivity contribution in [2.45, 2.75) is 19.4 Å². The first kappa shape index (κ1) is 11.1. The summed E-state index contributed by atoms with van der Waals surface area (Å²) >= 11 is 0. The van der Waals surface area contributed by atoms with Crippen molar-refractivity contribution in [1.29, 1.82) is 0 Å². The molecule has 0 aliphatic carbocycles. The number of carboxylic acid groups (broad SMARTS) is 1. The fourth-order valence-electron chi connectivity index (χ4n) is 1.16. The van der Waals surface area contributed by atoms with Gasteiger partial charge in [0.05, 0.1) is 18.2 Å². The third kappa shape index (κ3) is 3.72. The first-order valence-corrected chi connectivity index (χ1v) is 4.34. The molecule has 1 heterocycles. The number of hydrogen-bond acceptors (Lipinski definition) is 4. The lowest BCUT2D eigenvalue weighted by atomic mass is 10.1. The predicted molar refractivity (Wildman–Crippen MR) is 50.8 cm³/mol. The van der Waals surface area contributed by atoms with E-state index in [2.05, 4.69) is 15.3 Å². The highest BCUT2D eigenvalue weighted by Gasteiger charge is 2.17. The highest BCUT2D eigenvalue weighted by molar-refractivity contribution is 5.75. The molecular weight excluding hydrogens is 198 g/mol. The first-order valence-electron chi connectivity index (χ1n) is 4.34. The van der Waals surface area contributed by atoms with Crippen molar-refractivity contribution in [3.05, 3.63) is 24.3 Å².